The Morgan fingerprint density at radius 1 is 0.345 bits per heavy atom. The van der Waals surface area contributed by atoms with Gasteiger partial charge in [-0.25, -0.2) is 4.98 Å². The van der Waals surface area contributed by atoms with Gasteiger partial charge in [-0.3, -0.25) is 8.97 Å². The maximum Gasteiger partial charge on any atom is 0.220 e. The van der Waals surface area contributed by atoms with Crippen molar-refractivity contribution in [3.05, 3.63) is 182 Å². The first-order chi connectivity index (χ1) is 27.2. The molecule has 0 amide bonds. The van der Waals surface area contributed by atoms with Crippen LogP contribution in [0.1, 0.15) is 0 Å². The topological polar surface area (TPSA) is 32.1 Å². The third-order valence-electron chi connectivity index (χ3n) is 11.6. The molecule has 0 saturated heterocycles. The van der Waals surface area contributed by atoms with Crippen LogP contribution in [0, 0.1) is 0 Å². The predicted molar refractivity (Wildman–Crippen MR) is 229 cm³/mol. The van der Waals surface area contributed by atoms with Crippen molar-refractivity contribution in [2.75, 3.05) is 0 Å². The molecule has 8 aromatic carbocycles. The summed E-state index contributed by atoms with van der Waals surface area (Å²) < 4.78 is 9.27. The van der Waals surface area contributed by atoms with E-state index in [1.807, 2.05) is 0 Å². The second-order valence-electron chi connectivity index (χ2n) is 14.6. The van der Waals surface area contributed by atoms with Crippen LogP contribution in [0.15, 0.2) is 182 Å². The molecule has 258 valence electrons. The lowest BCUT2D eigenvalue weighted by Gasteiger charge is -2.10. The molecule has 0 fully saturated rings. The Kier molecular flexibility index (Phi) is 6.20. The van der Waals surface area contributed by atoms with Gasteiger partial charge in [-0.15, -0.1) is 0 Å². The molecule has 5 nitrogen and oxygen atoms in total. The first kappa shape index (κ1) is 30.1. The van der Waals surface area contributed by atoms with Gasteiger partial charge in [0.1, 0.15) is 0 Å². The molecular weight excluding hydrogens is 671 g/mol. The van der Waals surface area contributed by atoms with Gasteiger partial charge in [0, 0.05) is 51.0 Å². The van der Waals surface area contributed by atoms with Gasteiger partial charge in [0.25, 0.3) is 0 Å². The van der Waals surface area contributed by atoms with Gasteiger partial charge in [0.2, 0.25) is 5.78 Å². The van der Waals surface area contributed by atoms with Crippen LogP contribution in [0.4, 0.5) is 0 Å². The Morgan fingerprint density at radius 2 is 0.909 bits per heavy atom. The van der Waals surface area contributed by atoms with E-state index in [9.17, 15) is 0 Å². The van der Waals surface area contributed by atoms with Gasteiger partial charge in [0.15, 0.2) is 0 Å². The minimum atomic E-state index is 0.908. The van der Waals surface area contributed by atoms with E-state index < -0.39 is 0 Å². The fourth-order valence-corrected chi connectivity index (χ4v) is 9.02. The summed E-state index contributed by atoms with van der Waals surface area (Å²) in [7, 11) is 2.15. The Labute approximate surface area is 316 Å². The number of rotatable bonds is 4. The molecule has 0 aliphatic carbocycles. The quantitative estimate of drug-likeness (QED) is 0.180. The number of aromatic nitrogens is 5. The zero-order chi connectivity index (χ0) is 36.2. The highest BCUT2D eigenvalue weighted by molar-refractivity contribution is 6.11. The van der Waals surface area contributed by atoms with Gasteiger partial charge >= 0.3 is 0 Å². The summed E-state index contributed by atoms with van der Waals surface area (Å²) in [4.78, 5) is 5.13. The fraction of sp³-hybridized carbons (Fsp3) is 0.0200. The molecule has 0 saturated carbocycles. The smallest absolute Gasteiger partial charge is 0.220 e. The van der Waals surface area contributed by atoms with E-state index in [4.69, 9.17) is 4.98 Å². The molecule has 0 aliphatic heterocycles. The molecule has 0 atom stereocenters. The number of hydrogen-bond acceptors (Lipinski definition) is 1. The second-order valence-corrected chi connectivity index (χ2v) is 14.6. The van der Waals surface area contributed by atoms with Crippen LogP contribution >= 0.6 is 0 Å². The minimum absolute atomic E-state index is 0.908. The monoisotopic (exact) mass is 703 g/mol. The molecule has 4 aromatic heterocycles. The minimum Gasteiger partial charge on any atom is -0.344 e. The molecule has 12 rings (SSSR count). The van der Waals surface area contributed by atoms with Crippen LogP contribution in [0.5, 0.6) is 0 Å². The maximum atomic E-state index is 5.13. The van der Waals surface area contributed by atoms with E-state index in [0.717, 1.165) is 39.2 Å². The van der Waals surface area contributed by atoms with Crippen molar-refractivity contribution in [2.24, 2.45) is 7.05 Å². The summed E-state index contributed by atoms with van der Waals surface area (Å²) in [5, 5.41) is 5.04. The normalized spacial score (nSPS) is 12.1. The van der Waals surface area contributed by atoms with Crippen molar-refractivity contribution in [2.45, 2.75) is 0 Å². The summed E-state index contributed by atoms with van der Waals surface area (Å²) in [6.45, 7) is 0. The Morgan fingerprint density at radius 3 is 1.69 bits per heavy atom. The zero-order valence-electron chi connectivity index (χ0n) is 30.1. The zero-order valence-corrected chi connectivity index (χ0v) is 30.1. The third kappa shape index (κ3) is 4.32. The van der Waals surface area contributed by atoms with Crippen LogP contribution in [0.3, 0.4) is 0 Å². The van der Waals surface area contributed by atoms with Crippen LogP contribution in [0.25, 0.3) is 105 Å². The van der Waals surface area contributed by atoms with Crippen LogP contribution in [0.2, 0.25) is 0 Å². The lowest BCUT2D eigenvalue weighted by molar-refractivity contribution is 1.01. The first-order valence-corrected chi connectivity index (χ1v) is 18.8. The Balaban J connectivity index is 1.02. The molecule has 0 unspecified atom stereocenters. The molecule has 55 heavy (non-hydrogen) atoms. The lowest BCUT2D eigenvalue weighted by Crippen LogP contribution is -1.96. The van der Waals surface area contributed by atoms with Crippen molar-refractivity contribution in [1.82, 2.24) is 23.1 Å². The number of aryl methyl sites for hydroxylation is 1. The number of fused-ring (bicyclic) bond motifs is 11. The molecule has 12 aromatic rings. The van der Waals surface area contributed by atoms with E-state index >= 15 is 0 Å². The van der Waals surface area contributed by atoms with Crippen LogP contribution in [-0.2, 0) is 7.05 Å². The number of nitrogens with zero attached hydrogens (tertiary/aromatic N) is 5. The molecule has 0 spiro atoms. The second kappa shape index (κ2) is 11.3. The van der Waals surface area contributed by atoms with E-state index in [1.165, 1.54) is 65.9 Å². The molecule has 0 radical (unpaired) electrons. The average molecular weight is 704 g/mol. The maximum absolute atomic E-state index is 5.13. The highest BCUT2D eigenvalue weighted by Crippen LogP contribution is 2.38. The van der Waals surface area contributed by atoms with E-state index in [-0.39, 0.29) is 0 Å². The number of hydrogen-bond donors (Lipinski definition) is 0. The molecule has 4 heterocycles. The highest BCUT2D eigenvalue weighted by atomic mass is 15.2. The molecule has 5 heteroatoms. The lowest BCUT2D eigenvalue weighted by atomic mass is 9.97. The summed E-state index contributed by atoms with van der Waals surface area (Å²) in [5.74, 6) is 0.908. The average Bonchev–Trinajstić information content (AvgIpc) is 3.96. The third-order valence-corrected chi connectivity index (χ3v) is 11.6. The van der Waals surface area contributed by atoms with E-state index in [0.29, 0.717) is 0 Å². The van der Waals surface area contributed by atoms with Gasteiger partial charge in [-0.2, -0.15) is 0 Å². The van der Waals surface area contributed by atoms with Crippen molar-refractivity contribution in [1.29, 1.82) is 0 Å². The van der Waals surface area contributed by atoms with E-state index in [1.54, 1.807) is 0 Å². The summed E-state index contributed by atoms with van der Waals surface area (Å²) in [6, 6.07) is 66.0. The molecule has 0 aliphatic rings. The number of para-hydroxylation sites is 5. The van der Waals surface area contributed by atoms with E-state index in [2.05, 4.69) is 207 Å². The SMILES string of the molecule is Cn1c2ccccc2c2cc(-c3cccc(-c4ccc5c(c4)c4ccccc4n5-c4ccc5c(c4)n4c6ccccc6nc4n5-c4ccccc4)c3)ccc21. The molecule has 0 bridgehead atoms. The van der Waals surface area contributed by atoms with Crippen molar-refractivity contribution in [3.8, 4) is 33.6 Å². The summed E-state index contributed by atoms with van der Waals surface area (Å²) >= 11 is 0. The first-order valence-electron chi connectivity index (χ1n) is 18.8. The van der Waals surface area contributed by atoms with Gasteiger partial charge in [-0.1, -0.05) is 97.1 Å². The Bertz CT molecular complexity index is 3500. The summed E-state index contributed by atoms with van der Waals surface area (Å²) in [5.41, 5.74) is 16.2. The number of imidazole rings is 2. The fourth-order valence-electron chi connectivity index (χ4n) is 9.02. The van der Waals surface area contributed by atoms with Crippen molar-refractivity contribution < 1.29 is 0 Å². The van der Waals surface area contributed by atoms with Crippen molar-refractivity contribution >= 4 is 71.5 Å². The van der Waals surface area contributed by atoms with Gasteiger partial charge in [-0.05, 0) is 107 Å². The Hall–Kier alpha value is -7.37. The van der Waals surface area contributed by atoms with Crippen LogP contribution < -0.4 is 0 Å². The highest BCUT2D eigenvalue weighted by Gasteiger charge is 2.20. The van der Waals surface area contributed by atoms with Crippen LogP contribution in [-0.4, -0.2) is 23.1 Å². The molecule has 0 N–H and O–H groups in total. The van der Waals surface area contributed by atoms with Gasteiger partial charge < -0.3 is 9.13 Å². The standard InChI is InChI=1S/C50H33N5/c1-52-43-19-8-5-16-38(43)40-29-34(22-25-44(40)52)32-12-11-13-33(28-32)35-23-26-46-41(30-35)39-17-6-9-20-45(39)53(46)37-24-27-48-49(31-37)55-47-21-10-7-18-42(47)51-50(55)54(48)36-14-3-2-4-15-36/h2-31H,1H3. The number of benzene rings is 8. The van der Waals surface area contributed by atoms with Crippen molar-refractivity contribution in [3.63, 3.8) is 0 Å². The molecular formula is C50H33N5. The predicted octanol–water partition coefficient (Wildman–Crippen LogP) is 12.5. The van der Waals surface area contributed by atoms with Gasteiger partial charge in [0.05, 0.1) is 33.1 Å². The summed E-state index contributed by atoms with van der Waals surface area (Å²) in [6.07, 6.45) is 0. The largest absolute Gasteiger partial charge is 0.344 e.